The van der Waals surface area contributed by atoms with E-state index >= 15 is 0 Å². The molecule has 0 amide bonds. The first-order valence-electron chi connectivity index (χ1n) is 5.28. The maximum absolute atomic E-state index is 11.7. The van der Waals surface area contributed by atoms with Gasteiger partial charge in [-0.25, -0.2) is 4.79 Å². The minimum Gasteiger partial charge on any atom is -0.468 e. The van der Waals surface area contributed by atoms with Crippen molar-refractivity contribution in [3.8, 4) is 0 Å². The van der Waals surface area contributed by atoms with Crippen LogP contribution in [0.1, 0.15) is 17.4 Å². The van der Waals surface area contributed by atoms with E-state index in [-0.39, 0.29) is 5.97 Å². The number of hydrogen-bond donors (Lipinski definition) is 1. The molecule has 0 bridgehead atoms. The van der Waals surface area contributed by atoms with Crippen molar-refractivity contribution in [1.82, 2.24) is 5.32 Å². The molecule has 4 nitrogen and oxygen atoms in total. The van der Waals surface area contributed by atoms with Gasteiger partial charge in [0.25, 0.3) is 0 Å². The molecule has 0 saturated carbocycles. The number of rotatable bonds is 5. The van der Waals surface area contributed by atoms with Crippen molar-refractivity contribution in [3.63, 3.8) is 0 Å². The average Bonchev–Trinajstić information content (AvgIpc) is 3.01. The van der Waals surface area contributed by atoms with Crippen LogP contribution in [0.2, 0.25) is 0 Å². The summed E-state index contributed by atoms with van der Waals surface area (Å²) < 4.78 is 10.8. The zero-order valence-electron chi connectivity index (χ0n) is 9.68. The number of esters is 1. The Morgan fingerprint density at radius 3 is 2.94 bits per heavy atom. The van der Waals surface area contributed by atoms with Crippen LogP contribution >= 0.6 is 27.3 Å². The van der Waals surface area contributed by atoms with Gasteiger partial charge in [0.15, 0.2) is 4.67 Å². The molecule has 18 heavy (non-hydrogen) atoms. The number of furan rings is 1. The van der Waals surface area contributed by atoms with E-state index in [0.717, 1.165) is 11.3 Å². The lowest BCUT2D eigenvalue weighted by molar-refractivity contribution is -0.143. The second-order valence-corrected chi connectivity index (χ2v) is 5.16. The molecular formula is C12H12BrNO3S. The Labute approximate surface area is 117 Å². The molecule has 0 spiro atoms. The highest BCUT2D eigenvalue weighted by Crippen LogP contribution is 2.19. The largest absolute Gasteiger partial charge is 0.468 e. The number of hydrogen-bond acceptors (Lipinski definition) is 5. The van der Waals surface area contributed by atoms with Crippen LogP contribution in [0.3, 0.4) is 0 Å². The van der Waals surface area contributed by atoms with Gasteiger partial charge in [-0.3, -0.25) is 5.32 Å². The van der Waals surface area contributed by atoms with Crippen molar-refractivity contribution < 1.29 is 13.9 Å². The minimum absolute atomic E-state index is 0.306. The van der Waals surface area contributed by atoms with E-state index in [2.05, 4.69) is 21.2 Å². The molecule has 0 radical (unpaired) electrons. The quantitative estimate of drug-likeness (QED) is 0.856. The van der Waals surface area contributed by atoms with Gasteiger partial charge >= 0.3 is 5.97 Å². The lowest BCUT2D eigenvalue weighted by atomic mass is 10.1. The maximum Gasteiger partial charge on any atom is 0.327 e. The van der Waals surface area contributed by atoms with E-state index in [1.54, 1.807) is 11.3 Å². The Morgan fingerprint density at radius 1 is 1.56 bits per heavy atom. The van der Waals surface area contributed by atoms with E-state index in [4.69, 9.17) is 9.15 Å². The number of halogens is 1. The monoisotopic (exact) mass is 329 g/mol. The van der Waals surface area contributed by atoms with Gasteiger partial charge in [-0.15, -0.1) is 0 Å². The second-order valence-electron chi connectivity index (χ2n) is 3.60. The van der Waals surface area contributed by atoms with Gasteiger partial charge < -0.3 is 9.15 Å². The highest BCUT2D eigenvalue weighted by molar-refractivity contribution is 9.10. The fraction of sp³-hybridized carbons (Fsp3) is 0.250. The molecule has 0 unspecified atom stereocenters. The van der Waals surface area contributed by atoms with Crippen LogP contribution in [0.15, 0.2) is 38.0 Å². The zero-order chi connectivity index (χ0) is 13.0. The Hall–Kier alpha value is -1.11. The number of carbonyl (C=O) groups excluding carboxylic acids is 1. The summed E-state index contributed by atoms with van der Waals surface area (Å²) in [7, 11) is 1.38. The highest BCUT2D eigenvalue weighted by Gasteiger charge is 2.21. The normalized spacial score (nSPS) is 12.3. The van der Waals surface area contributed by atoms with E-state index in [0.29, 0.717) is 11.2 Å². The fourth-order valence-corrected chi connectivity index (χ4v) is 2.57. The number of nitrogens with one attached hydrogen (secondary N) is 1. The molecule has 6 heteroatoms. The fourth-order valence-electron chi connectivity index (χ4n) is 1.54. The van der Waals surface area contributed by atoms with Crippen molar-refractivity contribution in [2.45, 2.75) is 12.6 Å². The molecule has 1 N–H and O–H groups in total. The Bertz CT molecular complexity index is 509. The molecule has 2 aromatic rings. The van der Waals surface area contributed by atoms with Crippen LogP contribution in [-0.4, -0.2) is 13.1 Å². The standard InChI is InChI=1S/C12H12BrNO3S/c1-16-12(15)11(8-4-5-18-7-8)14-6-9-2-3-10(13)17-9/h2-5,7,11,14H,6H2,1H3/t11-/m0/s1. The Balaban J connectivity index is 2.04. The Morgan fingerprint density at radius 2 is 2.39 bits per heavy atom. The van der Waals surface area contributed by atoms with Crippen LogP contribution in [0.4, 0.5) is 0 Å². The van der Waals surface area contributed by atoms with Gasteiger partial charge in [0.2, 0.25) is 0 Å². The number of ether oxygens (including phenoxy) is 1. The molecule has 0 aliphatic carbocycles. The molecule has 0 aromatic carbocycles. The zero-order valence-corrected chi connectivity index (χ0v) is 12.1. The number of methoxy groups -OCH3 is 1. The lowest BCUT2D eigenvalue weighted by Crippen LogP contribution is -2.28. The van der Waals surface area contributed by atoms with Crippen molar-refractivity contribution in [1.29, 1.82) is 0 Å². The number of carbonyl (C=O) groups is 1. The van der Waals surface area contributed by atoms with E-state index in [1.165, 1.54) is 7.11 Å². The van der Waals surface area contributed by atoms with Crippen LogP contribution in [-0.2, 0) is 16.1 Å². The summed E-state index contributed by atoms with van der Waals surface area (Å²) in [6, 6.07) is 5.09. The molecule has 0 aliphatic heterocycles. The van der Waals surface area contributed by atoms with Gasteiger partial charge in [-0.2, -0.15) is 11.3 Å². The smallest absolute Gasteiger partial charge is 0.327 e. The summed E-state index contributed by atoms with van der Waals surface area (Å²) in [6.45, 7) is 0.460. The predicted molar refractivity (Wildman–Crippen MR) is 72.3 cm³/mol. The topological polar surface area (TPSA) is 51.5 Å². The van der Waals surface area contributed by atoms with Gasteiger partial charge in [0.05, 0.1) is 13.7 Å². The maximum atomic E-state index is 11.7. The van der Waals surface area contributed by atoms with Crippen molar-refractivity contribution >= 4 is 33.2 Å². The molecule has 1 atom stereocenters. The molecule has 0 fully saturated rings. The van der Waals surface area contributed by atoms with Crippen LogP contribution in [0.25, 0.3) is 0 Å². The summed E-state index contributed by atoms with van der Waals surface area (Å²) in [5.74, 6) is 0.449. The molecule has 2 rings (SSSR count). The molecule has 0 saturated heterocycles. The predicted octanol–water partition coefficient (Wildman–Crippen LogP) is 3.11. The van der Waals surface area contributed by atoms with E-state index in [1.807, 2.05) is 29.0 Å². The third-order valence-electron chi connectivity index (χ3n) is 2.42. The Kier molecular flexibility index (Phi) is 4.57. The summed E-state index contributed by atoms with van der Waals surface area (Å²) in [5.41, 5.74) is 0.900. The second kappa shape index (κ2) is 6.17. The molecule has 0 aliphatic rings. The molecule has 2 aromatic heterocycles. The summed E-state index contributed by atoms with van der Waals surface area (Å²) >= 11 is 4.78. The van der Waals surface area contributed by atoms with Gasteiger partial charge in [0, 0.05) is 0 Å². The minimum atomic E-state index is -0.467. The molecule has 96 valence electrons. The van der Waals surface area contributed by atoms with Gasteiger partial charge in [-0.1, -0.05) is 0 Å². The first kappa shape index (κ1) is 13.3. The summed E-state index contributed by atoms with van der Waals surface area (Å²) in [6.07, 6.45) is 0. The highest BCUT2D eigenvalue weighted by atomic mass is 79.9. The van der Waals surface area contributed by atoms with Crippen LogP contribution in [0.5, 0.6) is 0 Å². The third kappa shape index (κ3) is 3.22. The van der Waals surface area contributed by atoms with Gasteiger partial charge in [0.1, 0.15) is 11.8 Å². The number of thiophene rings is 1. The van der Waals surface area contributed by atoms with Gasteiger partial charge in [-0.05, 0) is 50.5 Å². The lowest BCUT2D eigenvalue weighted by Gasteiger charge is -2.14. The van der Waals surface area contributed by atoms with E-state index < -0.39 is 6.04 Å². The third-order valence-corrected chi connectivity index (χ3v) is 3.55. The molecular weight excluding hydrogens is 318 g/mol. The van der Waals surface area contributed by atoms with Crippen molar-refractivity contribution in [3.05, 3.63) is 45.0 Å². The first-order chi connectivity index (χ1) is 8.70. The molecule has 2 heterocycles. The summed E-state index contributed by atoms with van der Waals surface area (Å²) in [5, 5.41) is 6.97. The summed E-state index contributed by atoms with van der Waals surface area (Å²) in [4.78, 5) is 11.7. The van der Waals surface area contributed by atoms with E-state index in [9.17, 15) is 4.79 Å². The average molecular weight is 330 g/mol. The van der Waals surface area contributed by atoms with Crippen molar-refractivity contribution in [2.24, 2.45) is 0 Å². The SMILES string of the molecule is COC(=O)[C@@H](NCc1ccc(Br)o1)c1ccsc1. The van der Waals surface area contributed by atoms with Crippen LogP contribution < -0.4 is 5.32 Å². The van der Waals surface area contributed by atoms with Crippen molar-refractivity contribution in [2.75, 3.05) is 7.11 Å². The first-order valence-corrected chi connectivity index (χ1v) is 7.02. The van der Waals surface area contributed by atoms with Crippen LogP contribution in [0, 0.1) is 0 Å².